The number of carbonyl (C=O) groups excluding carboxylic acids is 2. The normalized spacial score (nSPS) is 18.6. The van der Waals surface area contributed by atoms with Gasteiger partial charge in [0.2, 0.25) is 11.8 Å². The smallest absolute Gasteiger partial charge is 0.247 e. The molecule has 0 saturated heterocycles. The predicted octanol–water partition coefficient (Wildman–Crippen LogP) is 4.09. The molecule has 3 atom stereocenters. The number of hydrogen-bond acceptors (Lipinski definition) is 7. The van der Waals surface area contributed by atoms with Crippen LogP contribution in [0.15, 0.2) is 42.0 Å². The Morgan fingerprint density at radius 3 is 2.54 bits per heavy atom. The number of methoxy groups -OCH3 is 1. The van der Waals surface area contributed by atoms with Gasteiger partial charge in [0.1, 0.15) is 12.2 Å². The Morgan fingerprint density at radius 2 is 1.93 bits per heavy atom. The van der Waals surface area contributed by atoms with Crippen LogP contribution >= 0.6 is 45.8 Å². The molecule has 0 fully saturated rings. The van der Waals surface area contributed by atoms with Crippen LogP contribution in [0.1, 0.15) is 37.8 Å². The molecule has 2 aromatic carbocycles. The number of benzene rings is 2. The van der Waals surface area contributed by atoms with Gasteiger partial charge in [0, 0.05) is 41.5 Å². The molecule has 3 rings (SSSR count). The van der Waals surface area contributed by atoms with Gasteiger partial charge in [-0.25, -0.2) is 0 Å². The second kappa shape index (κ2) is 15.4. The monoisotopic (exact) mass is 720 g/mol. The number of rotatable bonds is 12. The van der Waals surface area contributed by atoms with Crippen LogP contribution in [0.3, 0.4) is 0 Å². The van der Waals surface area contributed by atoms with Crippen LogP contribution < -0.4 is 14.8 Å². The van der Waals surface area contributed by atoms with E-state index in [4.69, 9.17) is 32.7 Å². The molecule has 0 aromatic heterocycles. The van der Waals surface area contributed by atoms with E-state index in [1.54, 1.807) is 35.2 Å². The fraction of sp³-hybridized carbons (Fsp3) is 0.448. The Labute approximate surface area is 263 Å². The molecular weight excluding hydrogens is 686 g/mol. The van der Waals surface area contributed by atoms with E-state index >= 15 is 0 Å². The summed E-state index contributed by atoms with van der Waals surface area (Å²) in [4.78, 5) is 28.2. The third-order valence-corrected chi connectivity index (χ3v) is 7.99. The highest BCUT2D eigenvalue weighted by molar-refractivity contribution is 14.1. The van der Waals surface area contributed by atoms with Crippen molar-refractivity contribution in [2.45, 2.75) is 58.1 Å². The number of halogens is 3. The lowest BCUT2D eigenvalue weighted by Crippen LogP contribution is -2.55. The molecule has 41 heavy (non-hydrogen) atoms. The Hall–Kier alpha value is -2.09. The Morgan fingerprint density at radius 1 is 1.20 bits per heavy atom. The number of ether oxygens (including phenoxy) is 2. The third kappa shape index (κ3) is 8.71. The summed E-state index contributed by atoms with van der Waals surface area (Å²) in [6, 6.07) is 7.50. The summed E-state index contributed by atoms with van der Waals surface area (Å²) in [5, 5.41) is 34.0. The molecular formula is C29H35Cl2IN2O7. The van der Waals surface area contributed by atoms with Crippen LogP contribution in [0.4, 0.5) is 0 Å². The zero-order valence-electron chi connectivity index (χ0n) is 23.1. The van der Waals surface area contributed by atoms with E-state index in [-0.39, 0.29) is 51.0 Å². The molecule has 4 N–H and O–H groups in total. The lowest BCUT2D eigenvalue weighted by Gasteiger charge is -2.41. The minimum absolute atomic E-state index is 0.0391. The Kier molecular flexibility index (Phi) is 12.6. The van der Waals surface area contributed by atoms with Crippen LogP contribution in [-0.2, 0) is 22.7 Å². The van der Waals surface area contributed by atoms with Crippen molar-refractivity contribution in [3.63, 3.8) is 0 Å². The molecule has 9 nitrogen and oxygen atoms in total. The van der Waals surface area contributed by atoms with Gasteiger partial charge in [-0.05, 0) is 70.0 Å². The maximum Gasteiger partial charge on any atom is 0.247 e. The first kappa shape index (κ1) is 33.4. The molecule has 2 amide bonds. The number of aliphatic hydroxyl groups excluding tert-OH is 3. The minimum atomic E-state index is -1.23. The highest BCUT2D eigenvalue weighted by Gasteiger charge is 2.41. The lowest BCUT2D eigenvalue weighted by molar-refractivity contribution is -0.140. The van der Waals surface area contributed by atoms with E-state index < -0.39 is 24.2 Å². The lowest BCUT2D eigenvalue weighted by atomic mass is 9.87. The molecule has 224 valence electrons. The number of carbonyl (C=O) groups is 2. The number of aliphatic hydroxyl groups is 3. The zero-order chi connectivity index (χ0) is 30.3. The highest BCUT2D eigenvalue weighted by Crippen LogP contribution is 2.37. The van der Waals surface area contributed by atoms with E-state index in [0.717, 1.165) is 0 Å². The van der Waals surface area contributed by atoms with E-state index in [2.05, 4.69) is 5.32 Å². The van der Waals surface area contributed by atoms with E-state index in [9.17, 15) is 24.9 Å². The van der Waals surface area contributed by atoms with E-state index in [1.807, 2.05) is 36.4 Å². The quantitative estimate of drug-likeness (QED) is 0.243. The second-order valence-electron chi connectivity index (χ2n) is 10.1. The number of hydrogen-bond donors (Lipinski definition) is 4. The van der Waals surface area contributed by atoms with Gasteiger partial charge in [-0.2, -0.15) is 0 Å². The first-order valence-electron chi connectivity index (χ1n) is 13.1. The van der Waals surface area contributed by atoms with E-state index in [0.29, 0.717) is 41.8 Å². The maximum absolute atomic E-state index is 13.6. The van der Waals surface area contributed by atoms with Crippen molar-refractivity contribution in [2.75, 3.05) is 20.3 Å². The summed E-state index contributed by atoms with van der Waals surface area (Å²) in [6.07, 6.45) is -0.482. The average Bonchev–Trinajstić information content (AvgIpc) is 2.92. The van der Waals surface area contributed by atoms with Gasteiger partial charge in [0.25, 0.3) is 0 Å². The van der Waals surface area contributed by atoms with Gasteiger partial charge >= 0.3 is 0 Å². The molecule has 2 aromatic rings. The van der Waals surface area contributed by atoms with Crippen LogP contribution in [-0.4, -0.2) is 70.5 Å². The summed E-state index contributed by atoms with van der Waals surface area (Å²) in [6.45, 7) is 3.52. The van der Waals surface area contributed by atoms with Crippen molar-refractivity contribution in [1.82, 2.24) is 10.2 Å². The third-order valence-electron chi connectivity index (χ3n) is 6.60. The molecule has 0 aliphatic heterocycles. The summed E-state index contributed by atoms with van der Waals surface area (Å²) >= 11 is 14.6. The first-order valence-corrected chi connectivity index (χ1v) is 15.0. The summed E-state index contributed by atoms with van der Waals surface area (Å²) < 4.78 is 12.4. The molecule has 0 unspecified atom stereocenters. The van der Waals surface area contributed by atoms with Gasteiger partial charge in [-0.1, -0.05) is 43.1 Å². The van der Waals surface area contributed by atoms with Crippen LogP contribution in [0.2, 0.25) is 10.0 Å². The standard InChI is InChI=1S/C29H35Cl2IN2O7/c1-16(2)8-26(37)34(14-18-4-5-20(30)13-21(18)31)23-11-19(29(39)33-6-7-35)12-24(27(23)38)41-28-22(32)9-17(15-36)10-25(28)40-3/h4-5,9-10,12-13,16,23-24,27,35-36,38H,6-8,11,14-15H2,1-3H3,(H,33,39)/t23-,24+,27+/m1/s1. The van der Waals surface area contributed by atoms with Crippen LogP contribution in [0.25, 0.3) is 0 Å². The molecule has 12 heteroatoms. The fourth-order valence-electron chi connectivity index (χ4n) is 4.58. The SMILES string of the molecule is COc1cc(CO)cc(I)c1O[C@H]1C=C(C(=O)NCCO)C[C@@H](N(Cc2ccc(Cl)cc2Cl)C(=O)CC(C)C)[C@@H]1O. The molecule has 0 heterocycles. The maximum atomic E-state index is 13.6. The van der Waals surface area contributed by atoms with Crippen molar-refractivity contribution in [3.8, 4) is 11.5 Å². The Bertz CT molecular complexity index is 1270. The molecule has 1 aliphatic carbocycles. The van der Waals surface area contributed by atoms with Gasteiger partial charge in [-0.15, -0.1) is 0 Å². The summed E-state index contributed by atoms with van der Waals surface area (Å²) in [5.74, 6) is 0.0444. The molecule has 0 radical (unpaired) electrons. The molecule has 0 bridgehead atoms. The zero-order valence-corrected chi connectivity index (χ0v) is 26.7. The largest absolute Gasteiger partial charge is 0.493 e. The molecule has 0 spiro atoms. The van der Waals surface area contributed by atoms with Crippen molar-refractivity contribution < 1.29 is 34.4 Å². The topological polar surface area (TPSA) is 129 Å². The van der Waals surface area contributed by atoms with Crippen molar-refractivity contribution in [1.29, 1.82) is 0 Å². The van der Waals surface area contributed by atoms with Crippen molar-refractivity contribution in [2.24, 2.45) is 5.92 Å². The molecule has 0 saturated carbocycles. The molecule has 1 aliphatic rings. The fourth-order valence-corrected chi connectivity index (χ4v) is 5.85. The van der Waals surface area contributed by atoms with Gasteiger partial charge in [0.15, 0.2) is 11.5 Å². The number of amides is 2. The highest BCUT2D eigenvalue weighted by atomic mass is 127. The van der Waals surface area contributed by atoms with Crippen LogP contribution in [0.5, 0.6) is 11.5 Å². The van der Waals surface area contributed by atoms with Crippen molar-refractivity contribution in [3.05, 3.63) is 66.7 Å². The number of nitrogens with one attached hydrogen (secondary N) is 1. The summed E-state index contributed by atoms with van der Waals surface area (Å²) in [5.41, 5.74) is 1.55. The van der Waals surface area contributed by atoms with Crippen molar-refractivity contribution >= 4 is 57.6 Å². The minimum Gasteiger partial charge on any atom is -0.493 e. The van der Waals surface area contributed by atoms with Gasteiger partial charge in [-0.3, -0.25) is 9.59 Å². The number of nitrogens with zero attached hydrogens (tertiary/aromatic N) is 1. The van der Waals surface area contributed by atoms with Crippen LogP contribution in [0, 0.1) is 9.49 Å². The Balaban J connectivity index is 2.07. The predicted molar refractivity (Wildman–Crippen MR) is 165 cm³/mol. The van der Waals surface area contributed by atoms with E-state index in [1.165, 1.54) is 13.2 Å². The van der Waals surface area contributed by atoms with Gasteiger partial charge in [0.05, 0.1) is 29.9 Å². The van der Waals surface area contributed by atoms with Gasteiger partial charge < -0.3 is 35.0 Å². The first-order chi connectivity index (χ1) is 19.5. The second-order valence-corrected chi connectivity index (χ2v) is 12.1. The summed E-state index contributed by atoms with van der Waals surface area (Å²) in [7, 11) is 1.46. The average molecular weight is 721 g/mol.